The molecule has 0 radical (unpaired) electrons. The summed E-state index contributed by atoms with van der Waals surface area (Å²) in [6.07, 6.45) is 1.74. The molecule has 0 aliphatic carbocycles. The molecule has 4 aromatic rings. The van der Waals surface area contributed by atoms with E-state index >= 15 is 0 Å². The molecule has 0 fully saturated rings. The summed E-state index contributed by atoms with van der Waals surface area (Å²) in [4.78, 5) is 15.6. The zero-order chi connectivity index (χ0) is 22.9. The van der Waals surface area contributed by atoms with Crippen LogP contribution in [-0.4, -0.2) is 34.3 Å². The molecule has 0 amide bonds. The third kappa shape index (κ3) is 4.22. The maximum atomic E-state index is 11.5. The summed E-state index contributed by atoms with van der Waals surface area (Å²) >= 11 is 0. The van der Waals surface area contributed by atoms with Crippen LogP contribution in [0.1, 0.15) is 21.5 Å². The quantitative estimate of drug-likeness (QED) is 0.408. The van der Waals surface area contributed by atoms with E-state index in [4.69, 9.17) is 10.9 Å². The predicted octanol–water partition coefficient (Wildman–Crippen LogP) is 2.45. The summed E-state index contributed by atoms with van der Waals surface area (Å²) in [5.41, 5.74) is 9.44. The molecule has 0 saturated heterocycles. The number of hydrogen-bond donors (Lipinski definition) is 3. The van der Waals surface area contributed by atoms with Gasteiger partial charge in [0.25, 0.3) is 0 Å². The minimum Gasteiger partial charge on any atom is -0.478 e. The van der Waals surface area contributed by atoms with Crippen LogP contribution in [0.2, 0.25) is 0 Å². The van der Waals surface area contributed by atoms with Crippen LogP contribution in [0, 0.1) is 0 Å². The van der Waals surface area contributed by atoms with Gasteiger partial charge < -0.3 is 10.8 Å². The molecule has 10 heteroatoms. The standard InChI is InChI=1S/C22H19N5O4S/c23-21-18(12-14-6-8-17(9-7-14)32(24,30)31)20(15-4-2-1-3-5-15)26-27(21)19-13-16(22(28)29)10-11-25-19/h1-11,13H,12,23H2,(H,28,29)(H2,24,30,31). The van der Waals surface area contributed by atoms with Crippen molar-refractivity contribution in [1.29, 1.82) is 0 Å². The highest BCUT2D eigenvalue weighted by Crippen LogP contribution is 2.31. The number of nitrogens with two attached hydrogens (primary N) is 2. The molecule has 2 aromatic heterocycles. The number of hydrogen-bond acceptors (Lipinski definition) is 6. The second-order valence-electron chi connectivity index (χ2n) is 7.06. The fourth-order valence-electron chi connectivity index (χ4n) is 3.31. The van der Waals surface area contributed by atoms with Crippen molar-refractivity contribution in [3.8, 4) is 17.1 Å². The van der Waals surface area contributed by atoms with E-state index in [-0.39, 0.29) is 16.3 Å². The first-order valence-electron chi connectivity index (χ1n) is 9.48. The number of anilines is 1. The first-order valence-corrected chi connectivity index (χ1v) is 11.0. The average molecular weight is 449 g/mol. The van der Waals surface area contributed by atoms with Crippen LogP contribution in [0.4, 0.5) is 5.82 Å². The molecule has 0 aliphatic heterocycles. The molecule has 0 unspecified atom stereocenters. The number of rotatable bonds is 6. The SMILES string of the molecule is Nc1c(Cc2ccc(S(N)(=O)=O)cc2)c(-c2ccccc2)nn1-c1cc(C(=O)O)ccn1. The number of carboxylic acids is 1. The summed E-state index contributed by atoms with van der Waals surface area (Å²) in [5.74, 6) is -0.511. The van der Waals surface area contributed by atoms with Gasteiger partial charge in [-0.3, -0.25) is 0 Å². The van der Waals surface area contributed by atoms with E-state index in [1.807, 2.05) is 30.3 Å². The number of benzene rings is 2. The number of nitrogen functional groups attached to an aromatic ring is 1. The molecular weight excluding hydrogens is 430 g/mol. The van der Waals surface area contributed by atoms with Crippen molar-refractivity contribution >= 4 is 21.8 Å². The van der Waals surface area contributed by atoms with E-state index in [1.165, 1.54) is 35.1 Å². The molecule has 4 rings (SSSR count). The highest BCUT2D eigenvalue weighted by atomic mass is 32.2. The van der Waals surface area contributed by atoms with Gasteiger partial charge in [0.15, 0.2) is 5.82 Å². The highest BCUT2D eigenvalue weighted by molar-refractivity contribution is 7.89. The average Bonchev–Trinajstić information content (AvgIpc) is 3.10. The van der Waals surface area contributed by atoms with E-state index in [0.717, 1.165) is 11.1 Å². The molecule has 5 N–H and O–H groups in total. The van der Waals surface area contributed by atoms with Gasteiger partial charge >= 0.3 is 5.97 Å². The Hall–Kier alpha value is -4.02. The van der Waals surface area contributed by atoms with E-state index in [0.29, 0.717) is 23.5 Å². The fourth-order valence-corrected chi connectivity index (χ4v) is 3.82. The summed E-state index contributed by atoms with van der Waals surface area (Å²) in [6, 6.07) is 18.4. The third-order valence-corrected chi connectivity index (χ3v) is 5.84. The zero-order valence-corrected chi connectivity index (χ0v) is 17.5. The van der Waals surface area contributed by atoms with Gasteiger partial charge in [-0.25, -0.2) is 23.3 Å². The van der Waals surface area contributed by atoms with Crippen LogP contribution in [0.3, 0.4) is 0 Å². The van der Waals surface area contributed by atoms with Gasteiger partial charge in [-0.1, -0.05) is 42.5 Å². The highest BCUT2D eigenvalue weighted by Gasteiger charge is 2.20. The van der Waals surface area contributed by atoms with E-state index in [1.54, 1.807) is 12.1 Å². The first kappa shape index (κ1) is 21.2. The molecule has 0 aliphatic rings. The molecule has 0 atom stereocenters. The van der Waals surface area contributed by atoms with Gasteiger partial charge in [0.05, 0.1) is 16.2 Å². The largest absolute Gasteiger partial charge is 0.478 e. The Kier molecular flexibility index (Phi) is 5.47. The van der Waals surface area contributed by atoms with Gasteiger partial charge in [0.1, 0.15) is 5.82 Å². The van der Waals surface area contributed by atoms with Crippen LogP contribution in [-0.2, 0) is 16.4 Å². The summed E-state index contributed by atoms with van der Waals surface area (Å²) < 4.78 is 24.5. The number of carboxylic acid groups (broad SMARTS) is 1. The topological polar surface area (TPSA) is 154 Å². The lowest BCUT2D eigenvalue weighted by Crippen LogP contribution is -2.12. The Morgan fingerprint density at radius 2 is 1.72 bits per heavy atom. The van der Waals surface area contributed by atoms with E-state index in [2.05, 4.69) is 10.1 Å². The Morgan fingerprint density at radius 3 is 2.34 bits per heavy atom. The smallest absolute Gasteiger partial charge is 0.335 e. The Morgan fingerprint density at radius 1 is 1.03 bits per heavy atom. The van der Waals surface area contributed by atoms with Crippen LogP contribution in [0.5, 0.6) is 0 Å². The predicted molar refractivity (Wildman–Crippen MR) is 119 cm³/mol. The molecule has 162 valence electrons. The van der Waals surface area contributed by atoms with Crippen LogP contribution in [0.25, 0.3) is 17.1 Å². The second kappa shape index (κ2) is 8.25. The summed E-state index contributed by atoms with van der Waals surface area (Å²) in [5, 5.41) is 19.1. The van der Waals surface area contributed by atoms with Crippen molar-refractivity contribution in [3.63, 3.8) is 0 Å². The number of sulfonamides is 1. The van der Waals surface area contributed by atoms with E-state index in [9.17, 15) is 18.3 Å². The zero-order valence-electron chi connectivity index (χ0n) is 16.7. The van der Waals surface area contributed by atoms with Crippen molar-refractivity contribution in [1.82, 2.24) is 14.8 Å². The van der Waals surface area contributed by atoms with Crippen LogP contribution < -0.4 is 10.9 Å². The van der Waals surface area contributed by atoms with Crippen LogP contribution >= 0.6 is 0 Å². The van der Waals surface area contributed by atoms with E-state index < -0.39 is 16.0 Å². The van der Waals surface area contributed by atoms with Gasteiger partial charge in [-0.05, 0) is 29.8 Å². The second-order valence-corrected chi connectivity index (χ2v) is 8.63. The molecule has 0 saturated carbocycles. The van der Waals surface area contributed by atoms with Crippen molar-refractivity contribution in [3.05, 3.63) is 89.6 Å². The summed E-state index contributed by atoms with van der Waals surface area (Å²) in [7, 11) is -3.79. The van der Waals surface area contributed by atoms with Gasteiger partial charge in [0, 0.05) is 23.7 Å². The molecule has 32 heavy (non-hydrogen) atoms. The minimum absolute atomic E-state index is 0.0166. The van der Waals surface area contributed by atoms with Crippen LogP contribution in [0.15, 0.2) is 77.8 Å². The maximum absolute atomic E-state index is 11.5. The maximum Gasteiger partial charge on any atom is 0.335 e. The molecule has 0 bridgehead atoms. The first-order chi connectivity index (χ1) is 15.2. The van der Waals surface area contributed by atoms with Crippen molar-refractivity contribution in [2.75, 3.05) is 5.73 Å². The number of pyridine rings is 1. The lowest BCUT2D eigenvalue weighted by molar-refractivity contribution is 0.0696. The van der Waals surface area contributed by atoms with Gasteiger partial charge in [-0.15, -0.1) is 0 Å². The normalized spacial score (nSPS) is 11.4. The van der Waals surface area contributed by atoms with Crippen molar-refractivity contribution in [2.24, 2.45) is 5.14 Å². The lowest BCUT2D eigenvalue weighted by atomic mass is 10.0. The van der Waals surface area contributed by atoms with Gasteiger partial charge in [0.2, 0.25) is 10.0 Å². The Labute approximate surface area is 184 Å². The molecule has 9 nitrogen and oxygen atoms in total. The minimum atomic E-state index is -3.79. The molecule has 2 aromatic carbocycles. The third-order valence-electron chi connectivity index (χ3n) is 4.91. The fraction of sp³-hybridized carbons (Fsp3) is 0.0455. The monoisotopic (exact) mass is 449 g/mol. The van der Waals surface area contributed by atoms with Gasteiger partial charge in [-0.2, -0.15) is 9.78 Å². The summed E-state index contributed by atoms with van der Waals surface area (Å²) in [6.45, 7) is 0. The lowest BCUT2D eigenvalue weighted by Gasteiger charge is -2.07. The number of aromatic carboxylic acids is 1. The van der Waals surface area contributed by atoms with Crippen molar-refractivity contribution in [2.45, 2.75) is 11.3 Å². The number of primary sulfonamides is 1. The Bertz CT molecular complexity index is 1400. The Balaban J connectivity index is 1.82. The van der Waals surface area contributed by atoms with Crippen molar-refractivity contribution < 1.29 is 18.3 Å². The number of carbonyl (C=O) groups is 1. The number of aromatic nitrogens is 3. The molecular formula is C22H19N5O4S. The number of nitrogens with zero attached hydrogens (tertiary/aromatic N) is 3. The molecule has 2 heterocycles. The molecule has 0 spiro atoms.